The third-order valence-corrected chi connectivity index (χ3v) is 3.02. The number of nitriles is 1. The summed E-state index contributed by atoms with van der Waals surface area (Å²) in [6.45, 7) is 0.585. The molecule has 0 unspecified atom stereocenters. The first-order valence-electron chi connectivity index (χ1n) is 5.22. The second-order valence-corrected chi connectivity index (χ2v) is 5.02. The van der Waals surface area contributed by atoms with Gasteiger partial charge in [-0.25, -0.2) is 0 Å². The molecule has 1 aromatic carbocycles. The van der Waals surface area contributed by atoms with Crippen molar-refractivity contribution in [2.75, 3.05) is 5.32 Å². The number of benzene rings is 1. The molecule has 18 heavy (non-hydrogen) atoms. The smallest absolute Gasteiger partial charge is 0.101 e. The van der Waals surface area contributed by atoms with Crippen LogP contribution in [-0.4, -0.2) is 4.98 Å². The van der Waals surface area contributed by atoms with Gasteiger partial charge < -0.3 is 5.32 Å². The molecule has 5 heteroatoms. The molecule has 0 amide bonds. The van der Waals surface area contributed by atoms with Gasteiger partial charge in [-0.3, -0.25) is 4.98 Å². The molecule has 0 atom stereocenters. The van der Waals surface area contributed by atoms with Gasteiger partial charge in [-0.15, -0.1) is 0 Å². The lowest BCUT2D eigenvalue weighted by Crippen LogP contribution is -2.01. The Morgan fingerprint density at radius 3 is 2.89 bits per heavy atom. The number of hydrogen-bond acceptors (Lipinski definition) is 3. The van der Waals surface area contributed by atoms with Crippen molar-refractivity contribution in [3.8, 4) is 6.07 Å². The van der Waals surface area contributed by atoms with E-state index in [-0.39, 0.29) is 0 Å². The topological polar surface area (TPSA) is 48.7 Å². The van der Waals surface area contributed by atoms with Gasteiger partial charge in [0.1, 0.15) is 6.07 Å². The van der Waals surface area contributed by atoms with Crippen LogP contribution in [0.5, 0.6) is 0 Å². The van der Waals surface area contributed by atoms with Crippen molar-refractivity contribution in [1.29, 1.82) is 5.26 Å². The van der Waals surface area contributed by atoms with Crippen molar-refractivity contribution in [2.45, 2.75) is 6.54 Å². The van der Waals surface area contributed by atoms with Crippen LogP contribution in [-0.2, 0) is 6.54 Å². The molecule has 0 aliphatic heterocycles. The number of rotatable bonds is 3. The number of anilines is 1. The molecule has 0 bridgehead atoms. The zero-order valence-corrected chi connectivity index (χ0v) is 11.7. The van der Waals surface area contributed by atoms with Gasteiger partial charge in [0.05, 0.1) is 11.3 Å². The molecular formula is C13H9BrClN3. The summed E-state index contributed by atoms with van der Waals surface area (Å²) in [6.07, 6.45) is 3.50. The van der Waals surface area contributed by atoms with Crippen LogP contribution in [0, 0.1) is 11.3 Å². The lowest BCUT2D eigenvalue weighted by atomic mass is 10.2. The van der Waals surface area contributed by atoms with Gasteiger partial charge in [-0.2, -0.15) is 5.26 Å². The number of pyridine rings is 1. The molecule has 1 N–H and O–H groups in total. The maximum atomic E-state index is 9.00. The van der Waals surface area contributed by atoms with Gasteiger partial charge in [0.2, 0.25) is 0 Å². The van der Waals surface area contributed by atoms with Crippen LogP contribution in [0.3, 0.4) is 0 Å². The Morgan fingerprint density at radius 1 is 1.33 bits per heavy atom. The number of halogens is 2. The molecule has 0 saturated carbocycles. The molecule has 1 heterocycles. The minimum Gasteiger partial charge on any atom is -0.380 e. The average Bonchev–Trinajstić information content (AvgIpc) is 2.37. The maximum Gasteiger partial charge on any atom is 0.101 e. The van der Waals surface area contributed by atoms with E-state index in [0.29, 0.717) is 17.1 Å². The molecule has 0 radical (unpaired) electrons. The molecule has 0 aliphatic carbocycles. The molecule has 2 aromatic rings. The minimum absolute atomic E-state index is 0.572. The van der Waals surface area contributed by atoms with Crippen molar-refractivity contribution < 1.29 is 0 Å². The molecule has 90 valence electrons. The molecule has 0 saturated heterocycles. The number of hydrogen-bond donors (Lipinski definition) is 1. The Kier molecular flexibility index (Phi) is 4.19. The molecule has 2 rings (SSSR count). The quantitative estimate of drug-likeness (QED) is 0.930. The molecule has 0 fully saturated rings. The third kappa shape index (κ3) is 3.22. The van der Waals surface area contributed by atoms with E-state index >= 15 is 0 Å². The number of aromatic nitrogens is 1. The SMILES string of the molecule is N#Cc1ccc(Cl)cc1NCc1cncc(Br)c1. The summed E-state index contributed by atoms with van der Waals surface area (Å²) >= 11 is 9.28. The zero-order valence-electron chi connectivity index (χ0n) is 9.32. The van der Waals surface area contributed by atoms with Crippen molar-refractivity contribution in [1.82, 2.24) is 4.98 Å². The average molecular weight is 323 g/mol. The summed E-state index contributed by atoms with van der Waals surface area (Å²) in [7, 11) is 0. The second kappa shape index (κ2) is 5.85. The van der Waals surface area contributed by atoms with E-state index < -0.39 is 0 Å². The predicted molar refractivity (Wildman–Crippen MR) is 75.4 cm³/mol. The highest BCUT2D eigenvalue weighted by molar-refractivity contribution is 9.10. The summed E-state index contributed by atoms with van der Waals surface area (Å²) < 4.78 is 0.924. The standard InChI is InChI=1S/C13H9BrClN3/c14-11-3-9(6-17-8-11)7-18-13-4-12(15)2-1-10(13)5-16/h1-4,6,8,18H,7H2. The van der Waals surface area contributed by atoms with Crippen LogP contribution in [0.25, 0.3) is 0 Å². The van der Waals surface area contributed by atoms with E-state index in [4.69, 9.17) is 16.9 Å². The Labute approximate surface area is 119 Å². The second-order valence-electron chi connectivity index (χ2n) is 3.67. The van der Waals surface area contributed by atoms with Crippen molar-refractivity contribution in [3.05, 3.63) is 57.3 Å². The van der Waals surface area contributed by atoms with Crippen molar-refractivity contribution in [3.63, 3.8) is 0 Å². The van der Waals surface area contributed by atoms with E-state index in [2.05, 4.69) is 32.3 Å². The highest BCUT2D eigenvalue weighted by Crippen LogP contribution is 2.21. The van der Waals surface area contributed by atoms with Gasteiger partial charge in [-0.05, 0) is 45.8 Å². The lowest BCUT2D eigenvalue weighted by molar-refractivity contribution is 1.10. The summed E-state index contributed by atoms with van der Waals surface area (Å²) in [4.78, 5) is 4.08. The Morgan fingerprint density at radius 2 is 2.17 bits per heavy atom. The Bertz CT molecular complexity index is 607. The predicted octanol–water partition coefficient (Wildman–Crippen LogP) is 3.98. The van der Waals surface area contributed by atoms with Crippen LogP contribution in [0.4, 0.5) is 5.69 Å². The monoisotopic (exact) mass is 321 g/mol. The van der Waals surface area contributed by atoms with E-state index in [1.165, 1.54) is 0 Å². The number of nitrogens with zero attached hydrogens (tertiary/aromatic N) is 2. The van der Waals surface area contributed by atoms with Gasteiger partial charge in [0, 0.05) is 28.4 Å². The summed E-state index contributed by atoms with van der Waals surface area (Å²) in [6, 6.07) is 9.23. The fourth-order valence-corrected chi connectivity index (χ4v) is 2.09. The zero-order chi connectivity index (χ0) is 13.0. The lowest BCUT2D eigenvalue weighted by Gasteiger charge is -2.08. The van der Waals surface area contributed by atoms with E-state index in [1.54, 1.807) is 30.6 Å². The Hall–Kier alpha value is -1.57. The third-order valence-electron chi connectivity index (χ3n) is 2.35. The van der Waals surface area contributed by atoms with Gasteiger partial charge in [0.15, 0.2) is 0 Å². The summed E-state index contributed by atoms with van der Waals surface area (Å²) in [5.74, 6) is 0. The van der Waals surface area contributed by atoms with Crippen LogP contribution in [0.15, 0.2) is 41.1 Å². The normalized spacial score (nSPS) is 9.83. The van der Waals surface area contributed by atoms with Gasteiger partial charge in [-0.1, -0.05) is 11.6 Å². The molecule has 0 aliphatic rings. The van der Waals surface area contributed by atoms with Gasteiger partial charge >= 0.3 is 0 Å². The highest BCUT2D eigenvalue weighted by Gasteiger charge is 2.03. The van der Waals surface area contributed by atoms with Crippen LogP contribution in [0.1, 0.15) is 11.1 Å². The van der Waals surface area contributed by atoms with E-state index in [0.717, 1.165) is 15.7 Å². The van der Waals surface area contributed by atoms with Crippen LogP contribution >= 0.6 is 27.5 Å². The summed E-state index contributed by atoms with van der Waals surface area (Å²) in [5.41, 5.74) is 2.32. The molecular weight excluding hydrogens is 314 g/mol. The fourth-order valence-electron chi connectivity index (χ4n) is 1.51. The highest BCUT2D eigenvalue weighted by atomic mass is 79.9. The maximum absolute atomic E-state index is 9.00. The minimum atomic E-state index is 0.572. The van der Waals surface area contributed by atoms with Crippen molar-refractivity contribution in [2.24, 2.45) is 0 Å². The fraction of sp³-hybridized carbons (Fsp3) is 0.0769. The number of nitrogens with one attached hydrogen (secondary N) is 1. The Balaban J connectivity index is 2.15. The van der Waals surface area contributed by atoms with Crippen LogP contribution in [0.2, 0.25) is 5.02 Å². The first-order chi connectivity index (χ1) is 8.69. The summed E-state index contributed by atoms with van der Waals surface area (Å²) in [5, 5.41) is 12.8. The first-order valence-corrected chi connectivity index (χ1v) is 6.39. The van der Waals surface area contributed by atoms with E-state index in [1.807, 2.05) is 6.07 Å². The van der Waals surface area contributed by atoms with Crippen molar-refractivity contribution >= 4 is 33.2 Å². The largest absolute Gasteiger partial charge is 0.380 e. The van der Waals surface area contributed by atoms with Crippen LogP contribution < -0.4 is 5.32 Å². The molecule has 1 aromatic heterocycles. The first kappa shape index (κ1) is 12.9. The van der Waals surface area contributed by atoms with E-state index in [9.17, 15) is 0 Å². The molecule has 3 nitrogen and oxygen atoms in total. The molecule has 0 spiro atoms. The van der Waals surface area contributed by atoms with Gasteiger partial charge in [0.25, 0.3) is 0 Å².